The maximum Gasteiger partial charge on any atom is 0.429 e. The van der Waals surface area contributed by atoms with Crippen molar-refractivity contribution in [3.63, 3.8) is 0 Å². The summed E-state index contributed by atoms with van der Waals surface area (Å²) in [6, 6.07) is 0. The van der Waals surface area contributed by atoms with Crippen LogP contribution in [0.4, 0.5) is 0 Å². The van der Waals surface area contributed by atoms with Gasteiger partial charge in [-0.25, -0.2) is 8.39 Å². The van der Waals surface area contributed by atoms with E-state index in [-0.39, 0.29) is 0 Å². The summed E-state index contributed by atoms with van der Waals surface area (Å²) in [4.78, 5) is 10.2. The first kappa shape index (κ1) is 4.64. The summed E-state index contributed by atoms with van der Waals surface area (Å²) >= 11 is 2.88. The van der Waals surface area contributed by atoms with Crippen molar-refractivity contribution >= 4 is 16.1 Å². The summed E-state index contributed by atoms with van der Waals surface area (Å²) in [5.41, 5.74) is 0. The molecular weight excluding hydrogens is 162 g/mol. The van der Waals surface area contributed by atoms with Crippen molar-refractivity contribution in [1.29, 1.82) is 0 Å². The van der Waals surface area contributed by atoms with E-state index in [0.717, 1.165) is 0 Å². The molecule has 0 radical (unpaired) electrons. The lowest BCUT2D eigenvalue weighted by atomic mass is 11.0. The lowest BCUT2D eigenvalue weighted by Gasteiger charge is -1.69. The Morgan fingerprint density at radius 1 is 1.86 bits per heavy atom. The molecule has 0 aliphatic rings. The van der Waals surface area contributed by atoms with Crippen molar-refractivity contribution < 1.29 is 4.42 Å². The fraction of sp³-hybridized carbons (Fsp3) is 0. The van der Waals surface area contributed by atoms with E-state index < -0.39 is 5.76 Å². The van der Waals surface area contributed by atoms with Crippen LogP contribution in [-0.2, 0) is 0 Å². The fourth-order valence-corrected chi connectivity index (χ4v) is 0.433. The average Bonchev–Trinajstić information content (AvgIpc) is 1.91. The van der Waals surface area contributed by atoms with E-state index in [1.807, 2.05) is 0 Å². The molecule has 0 unspecified atom stereocenters. The Morgan fingerprint density at radius 3 is 2.71 bits per heavy atom. The summed E-state index contributed by atoms with van der Waals surface area (Å²) < 4.78 is 5.50. The molecule has 0 bridgehead atoms. The summed E-state index contributed by atoms with van der Waals surface area (Å²) in [5.74, 6) is -0.403. The normalized spacial score (nSPS) is 9.29. The molecular formula is C3H2BrNO2. The number of rotatable bonds is 0. The second-order valence-corrected chi connectivity index (χ2v) is 1.74. The van der Waals surface area contributed by atoms with Crippen molar-refractivity contribution in [3.05, 3.63) is 23.0 Å². The molecule has 0 aliphatic carbocycles. The molecule has 0 saturated heterocycles. The molecule has 0 amide bonds. The van der Waals surface area contributed by atoms with Gasteiger partial charge in [-0.3, -0.25) is 0 Å². The van der Waals surface area contributed by atoms with Crippen molar-refractivity contribution in [3.8, 4) is 0 Å². The maximum atomic E-state index is 10.2. The van der Waals surface area contributed by atoms with Crippen LogP contribution in [0.5, 0.6) is 0 Å². The first-order valence-electron chi connectivity index (χ1n) is 1.63. The maximum absolute atomic E-state index is 10.2. The van der Waals surface area contributed by atoms with Gasteiger partial charge in [-0.2, -0.15) is 0 Å². The first-order chi connectivity index (χ1) is 3.30. The molecule has 0 spiro atoms. The molecule has 0 aromatic carbocycles. The van der Waals surface area contributed by atoms with E-state index in [0.29, 0.717) is 0 Å². The van der Waals surface area contributed by atoms with Crippen LogP contribution in [0.1, 0.15) is 0 Å². The van der Waals surface area contributed by atoms with Gasteiger partial charge >= 0.3 is 5.76 Å². The van der Waals surface area contributed by atoms with E-state index in [1.54, 1.807) is 0 Å². The number of aromatic nitrogens is 1. The Morgan fingerprint density at radius 2 is 2.57 bits per heavy atom. The number of hydrogen-bond acceptors (Lipinski definition) is 2. The summed E-state index contributed by atoms with van der Waals surface area (Å²) in [6.07, 6.45) is 2.78. The summed E-state index contributed by atoms with van der Waals surface area (Å²) in [5, 5.41) is 0. The predicted molar refractivity (Wildman–Crippen MR) is 27.3 cm³/mol. The Labute approximate surface area is 47.9 Å². The minimum absolute atomic E-state index is 0.403. The summed E-state index contributed by atoms with van der Waals surface area (Å²) in [7, 11) is 0. The molecule has 1 heterocycles. The number of halogens is 1. The highest BCUT2D eigenvalue weighted by molar-refractivity contribution is 9.08. The van der Waals surface area contributed by atoms with Crippen LogP contribution in [-0.4, -0.2) is 3.59 Å². The Balaban J connectivity index is 3.39. The Hall–Kier alpha value is -0.510. The largest absolute Gasteiger partial charge is 0.429 e. The quantitative estimate of drug-likeness (QED) is 0.562. The van der Waals surface area contributed by atoms with Crippen molar-refractivity contribution in [1.82, 2.24) is 3.59 Å². The molecule has 0 atom stereocenters. The number of oxazole rings is 1. The molecule has 1 aromatic rings. The van der Waals surface area contributed by atoms with E-state index in [4.69, 9.17) is 0 Å². The lowest BCUT2D eigenvalue weighted by Crippen LogP contribution is -2.01. The van der Waals surface area contributed by atoms with Crippen molar-refractivity contribution in [2.24, 2.45) is 0 Å². The van der Waals surface area contributed by atoms with Crippen molar-refractivity contribution in [2.45, 2.75) is 0 Å². The fourth-order valence-electron chi connectivity index (χ4n) is 0.253. The van der Waals surface area contributed by atoms with Crippen LogP contribution in [0.3, 0.4) is 0 Å². The minimum Gasteiger partial charge on any atom is -0.416 e. The van der Waals surface area contributed by atoms with E-state index in [1.165, 1.54) is 16.1 Å². The minimum atomic E-state index is -0.403. The van der Waals surface area contributed by atoms with Crippen LogP contribution in [0.2, 0.25) is 0 Å². The first-order valence-corrected chi connectivity index (χ1v) is 2.34. The Bertz CT molecular complexity index is 201. The number of nitrogens with zero attached hydrogens (tertiary/aromatic N) is 1. The van der Waals surface area contributed by atoms with Gasteiger partial charge in [-0.15, -0.1) is 0 Å². The lowest BCUT2D eigenvalue weighted by molar-refractivity contribution is 0.512. The monoisotopic (exact) mass is 163 g/mol. The second-order valence-electron chi connectivity index (χ2n) is 0.980. The molecule has 38 valence electrons. The zero-order chi connectivity index (χ0) is 5.28. The van der Waals surface area contributed by atoms with Crippen molar-refractivity contribution in [2.75, 3.05) is 0 Å². The van der Waals surface area contributed by atoms with Crippen LogP contribution in [0, 0.1) is 0 Å². The SMILES string of the molecule is O=c1occn1Br. The van der Waals surface area contributed by atoms with Gasteiger partial charge in [-0.05, 0) is 0 Å². The van der Waals surface area contributed by atoms with E-state index in [9.17, 15) is 4.79 Å². The van der Waals surface area contributed by atoms with Crippen LogP contribution in [0.15, 0.2) is 21.7 Å². The third kappa shape index (κ3) is 0.742. The molecule has 0 fully saturated rings. The standard InChI is InChI=1S/C3H2BrNO2/c4-5-1-2-7-3(5)6/h1-2H. The topological polar surface area (TPSA) is 35.1 Å². The highest BCUT2D eigenvalue weighted by Gasteiger charge is 1.86. The Kier molecular flexibility index (Phi) is 1.02. The average molecular weight is 164 g/mol. The second kappa shape index (κ2) is 1.54. The molecule has 3 nitrogen and oxygen atoms in total. The van der Waals surface area contributed by atoms with Crippen LogP contribution in [0.25, 0.3) is 0 Å². The number of hydrogen-bond donors (Lipinski definition) is 0. The van der Waals surface area contributed by atoms with Gasteiger partial charge in [0, 0.05) is 0 Å². The van der Waals surface area contributed by atoms with Gasteiger partial charge in [0.05, 0.1) is 22.3 Å². The molecule has 0 saturated carbocycles. The molecule has 4 heteroatoms. The smallest absolute Gasteiger partial charge is 0.416 e. The van der Waals surface area contributed by atoms with Crippen LogP contribution < -0.4 is 5.76 Å². The zero-order valence-corrected chi connectivity index (χ0v) is 4.88. The van der Waals surface area contributed by atoms with E-state index in [2.05, 4.69) is 20.6 Å². The molecule has 1 rings (SSSR count). The molecule has 0 aliphatic heterocycles. The third-order valence-corrected chi connectivity index (χ3v) is 1.06. The van der Waals surface area contributed by atoms with Crippen LogP contribution >= 0.6 is 16.1 Å². The zero-order valence-electron chi connectivity index (χ0n) is 3.30. The van der Waals surface area contributed by atoms with Gasteiger partial charge in [0.15, 0.2) is 0 Å². The highest BCUT2D eigenvalue weighted by Crippen LogP contribution is 1.83. The highest BCUT2D eigenvalue weighted by atomic mass is 79.9. The predicted octanol–water partition coefficient (Wildman–Crippen LogP) is 0.599. The molecule has 1 aromatic heterocycles. The third-order valence-electron chi connectivity index (χ3n) is 0.535. The van der Waals surface area contributed by atoms with Gasteiger partial charge in [0.2, 0.25) is 0 Å². The van der Waals surface area contributed by atoms with E-state index >= 15 is 0 Å². The summed E-state index contributed by atoms with van der Waals surface area (Å²) in [6.45, 7) is 0. The van der Waals surface area contributed by atoms with Gasteiger partial charge in [0.25, 0.3) is 0 Å². The van der Waals surface area contributed by atoms with Gasteiger partial charge < -0.3 is 4.42 Å². The van der Waals surface area contributed by atoms with Gasteiger partial charge in [-0.1, -0.05) is 0 Å². The molecule has 7 heavy (non-hydrogen) atoms. The van der Waals surface area contributed by atoms with Gasteiger partial charge in [0.1, 0.15) is 6.26 Å². The molecule has 0 N–H and O–H groups in total.